The van der Waals surface area contributed by atoms with Crippen LogP contribution in [0, 0.1) is 0 Å². The van der Waals surface area contributed by atoms with Gasteiger partial charge in [0, 0.05) is 19.5 Å². The predicted molar refractivity (Wildman–Crippen MR) is 112 cm³/mol. The van der Waals surface area contributed by atoms with E-state index in [1.54, 1.807) is 6.07 Å². The number of hydrogen-bond donors (Lipinski definition) is 1. The first kappa shape index (κ1) is 20.7. The SMILES string of the molecule is CN(CC(=O)N[C@@H]1CCCc2ccccc21)S(=O)(=O)c1ccc2c(c1)OCCCO2. The molecule has 7 nitrogen and oxygen atoms in total. The number of rotatable bonds is 5. The van der Waals surface area contributed by atoms with Gasteiger partial charge >= 0.3 is 0 Å². The number of nitrogens with zero attached hydrogens (tertiary/aromatic N) is 1. The third-order valence-corrected chi connectivity index (χ3v) is 7.30. The minimum absolute atomic E-state index is 0.0741. The van der Waals surface area contributed by atoms with E-state index >= 15 is 0 Å². The fourth-order valence-electron chi connectivity index (χ4n) is 3.92. The molecule has 0 radical (unpaired) electrons. The van der Waals surface area contributed by atoms with Crippen LogP contribution in [0.15, 0.2) is 47.4 Å². The number of amides is 1. The van der Waals surface area contributed by atoms with Crippen molar-refractivity contribution in [1.82, 2.24) is 9.62 Å². The van der Waals surface area contributed by atoms with Gasteiger partial charge in [-0.15, -0.1) is 0 Å². The molecule has 8 heteroatoms. The molecule has 30 heavy (non-hydrogen) atoms. The van der Waals surface area contributed by atoms with Crippen molar-refractivity contribution >= 4 is 15.9 Å². The van der Waals surface area contributed by atoms with Crippen molar-refractivity contribution in [3.05, 3.63) is 53.6 Å². The van der Waals surface area contributed by atoms with E-state index in [1.165, 1.54) is 24.7 Å². The Labute approximate surface area is 177 Å². The molecular weight excluding hydrogens is 404 g/mol. The molecule has 1 heterocycles. The van der Waals surface area contributed by atoms with Crippen LogP contribution < -0.4 is 14.8 Å². The number of carbonyl (C=O) groups excluding carboxylic acids is 1. The largest absolute Gasteiger partial charge is 0.490 e. The van der Waals surface area contributed by atoms with Gasteiger partial charge in [-0.05, 0) is 42.5 Å². The lowest BCUT2D eigenvalue weighted by molar-refractivity contribution is -0.122. The summed E-state index contributed by atoms with van der Waals surface area (Å²) in [6.07, 6.45) is 3.58. The Morgan fingerprint density at radius 1 is 1.10 bits per heavy atom. The molecule has 2 aromatic rings. The van der Waals surface area contributed by atoms with Crippen LogP contribution in [-0.2, 0) is 21.2 Å². The molecule has 0 fully saturated rings. The Bertz CT molecular complexity index is 1040. The molecule has 160 valence electrons. The third-order valence-electron chi connectivity index (χ3n) is 5.50. The Morgan fingerprint density at radius 2 is 1.87 bits per heavy atom. The average molecular weight is 431 g/mol. The standard InChI is InChI=1S/C22H26N2O5S/c1-24(15-22(25)23-19-9-4-7-16-6-2-3-8-18(16)19)30(26,27)17-10-11-20-21(14-17)29-13-5-12-28-20/h2-3,6,8,10-11,14,19H,4-5,7,9,12-13,15H2,1H3,(H,23,25)/t19-/m1/s1. The molecule has 0 saturated heterocycles. The molecule has 0 spiro atoms. The highest BCUT2D eigenvalue weighted by molar-refractivity contribution is 7.89. The lowest BCUT2D eigenvalue weighted by atomic mass is 9.88. The highest BCUT2D eigenvalue weighted by atomic mass is 32.2. The zero-order valence-corrected chi connectivity index (χ0v) is 17.8. The monoisotopic (exact) mass is 430 g/mol. The van der Waals surface area contributed by atoms with Gasteiger partial charge in [0.05, 0.1) is 30.7 Å². The van der Waals surface area contributed by atoms with Crippen LogP contribution in [-0.4, -0.2) is 45.4 Å². The topological polar surface area (TPSA) is 84.9 Å². The summed E-state index contributed by atoms with van der Waals surface area (Å²) in [6, 6.07) is 12.5. The summed E-state index contributed by atoms with van der Waals surface area (Å²) in [5.41, 5.74) is 2.35. The number of benzene rings is 2. The predicted octanol–water partition coefficient (Wildman–Crippen LogP) is 2.66. The van der Waals surface area contributed by atoms with Crippen molar-refractivity contribution in [3.8, 4) is 11.5 Å². The molecule has 4 rings (SSSR count). The number of ether oxygens (including phenoxy) is 2. The zero-order chi connectivity index (χ0) is 21.1. The molecule has 2 aromatic carbocycles. The molecule has 1 aliphatic heterocycles. The molecule has 1 N–H and O–H groups in total. The molecule has 0 saturated carbocycles. The van der Waals surface area contributed by atoms with Crippen LogP contribution in [0.4, 0.5) is 0 Å². The second-order valence-corrected chi connectivity index (χ2v) is 9.68. The third kappa shape index (κ3) is 4.29. The van der Waals surface area contributed by atoms with Gasteiger partial charge in [-0.1, -0.05) is 24.3 Å². The van der Waals surface area contributed by atoms with Crippen LogP contribution in [0.25, 0.3) is 0 Å². The van der Waals surface area contributed by atoms with Crippen molar-refractivity contribution in [2.45, 2.75) is 36.6 Å². The normalized spacial score (nSPS) is 18.4. The summed E-state index contributed by atoms with van der Waals surface area (Å²) in [7, 11) is -2.43. The molecule has 2 aliphatic rings. The first-order chi connectivity index (χ1) is 14.4. The smallest absolute Gasteiger partial charge is 0.243 e. The van der Waals surface area contributed by atoms with Crippen molar-refractivity contribution in [3.63, 3.8) is 0 Å². The summed E-state index contributed by atoms with van der Waals surface area (Å²) in [6.45, 7) is 0.747. The fourth-order valence-corrected chi connectivity index (χ4v) is 5.06. The van der Waals surface area contributed by atoms with Gasteiger partial charge in [0.1, 0.15) is 0 Å². The average Bonchev–Trinajstić information content (AvgIpc) is 2.98. The highest BCUT2D eigenvalue weighted by Gasteiger charge is 2.27. The molecular formula is C22H26N2O5S. The maximum absolute atomic E-state index is 13.0. The van der Waals surface area contributed by atoms with Crippen LogP contribution in [0.2, 0.25) is 0 Å². The van der Waals surface area contributed by atoms with Crippen molar-refractivity contribution < 1.29 is 22.7 Å². The van der Waals surface area contributed by atoms with Gasteiger partial charge in [0.2, 0.25) is 15.9 Å². The number of fused-ring (bicyclic) bond motifs is 2. The Balaban J connectivity index is 1.45. The van der Waals surface area contributed by atoms with E-state index in [1.807, 2.05) is 18.2 Å². The number of hydrogen-bond acceptors (Lipinski definition) is 5. The highest BCUT2D eigenvalue weighted by Crippen LogP contribution is 2.33. The lowest BCUT2D eigenvalue weighted by Gasteiger charge is -2.27. The minimum atomic E-state index is -3.84. The number of aryl methyl sites for hydroxylation is 1. The van der Waals surface area contributed by atoms with Gasteiger partial charge in [-0.2, -0.15) is 4.31 Å². The van der Waals surface area contributed by atoms with E-state index < -0.39 is 10.0 Å². The minimum Gasteiger partial charge on any atom is -0.490 e. The summed E-state index contributed by atoms with van der Waals surface area (Å²) >= 11 is 0. The van der Waals surface area contributed by atoms with Gasteiger partial charge in [-0.25, -0.2) is 8.42 Å². The van der Waals surface area contributed by atoms with Gasteiger partial charge in [0.25, 0.3) is 0 Å². The summed E-state index contributed by atoms with van der Waals surface area (Å²) in [5, 5.41) is 3.00. The Hall–Kier alpha value is -2.58. The van der Waals surface area contributed by atoms with E-state index in [-0.39, 0.29) is 23.4 Å². The van der Waals surface area contributed by atoms with Crippen molar-refractivity contribution in [1.29, 1.82) is 0 Å². The molecule has 1 aliphatic carbocycles. The van der Waals surface area contributed by atoms with Crippen molar-refractivity contribution in [2.24, 2.45) is 0 Å². The van der Waals surface area contributed by atoms with E-state index in [0.29, 0.717) is 24.7 Å². The molecule has 0 bridgehead atoms. The van der Waals surface area contributed by atoms with E-state index in [4.69, 9.17) is 9.47 Å². The quantitative estimate of drug-likeness (QED) is 0.788. The number of carbonyl (C=O) groups is 1. The number of nitrogens with one attached hydrogen (secondary N) is 1. The Morgan fingerprint density at radius 3 is 2.70 bits per heavy atom. The first-order valence-electron chi connectivity index (χ1n) is 10.2. The van der Waals surface area contributed by atoms with Gasteiger partial charge < -0.3 is 14.8 Å². The summed E-state index contributed by atoms with van der Waals surface area (Å²) in [4.78, 5) is 12.7. The van der Waals surface area contributed by atoms with Gasteiger partial charge in [-0.3, -0.25) is 4.79 Å². The van der Waals surface area contributed by atoms with E-state index in [2.05, 4.69) is 11.4 Å². The second kappa shape index (κ2) is 8.65. The van der Waals surface area contributed by atoms with Crippen LogP contribution in [0.5, 0.6) is 11.5 Å². The van der Waals surface area contributed by atoms with Crippen molar-refractivity contribution in [2.75, 3.05) is 26.8 Å². The van der Waals surface area contributed by atoms with Crippen LogP contribution in [0.1, 0.15) is 36.4 Å². The first-order valence-corrected chi connectivity index (χ1v) is 11.6. The lowest BCUT2D eigenvalue weighted by Crippen LogP contribution is -2.40. The number of sulfonamides is 1. The van der Waals surface area contributed by atoms with Gasteiger partial charge in [0.15, 0.2) is 11.5 Å². The molecule has 0 unspecified atom stereocenters. The molecule has 1 amide bonds. The van der Waals surface area contributed by atoms with E-state index in [0.717, 1.165) is 35.6 Å². The Kier molecular flexibility index (Phi) is 5.97. The second-order valence-electron chi connectivity index (χ2n) is 7.63. The molecule has 0 aromatic heterocycles. The van der Waals surface area contributed by atoms with Crippen LogP contribution >= 0.6 is 0 Å². The van der Waals surface area contributed by atoms with Crippen LogP contribution in [0.3, 0.4) is 0 Å². The maximum Gasteiger partial charge on any atom is 0.243 e. The fraction of sp³-hybridized carbons (Fsp3) is 0.409. The number of likely N-dealkylation sites (N-methyl/N-ethyl adjacent to an activating group) is 1. The molecule has 1 atom stereocenters. The summed E-state index contributed by atoms with van der Waals surface area (Å²) < 4.78 is 38.2. The van der Waals surface area contributed by atoms with E-state index in [9.17, 15) is 13.2 Å². The zero-order valence-electron chi connectivity index (χ0n) is 17.0. The summed E-state index contributed by atoms with van der Waals surface area (Å²) in [5.74, 6) is 0.616. The maximum atomic E-state index is 13.0.